The lowest BCUT2D eigenvalue weighted by molar-refractivity contribution is -0.0732. The number of hydrogen-bond acceptors (Lipinski definition) is 4. The third-order valence-electron chi connectivity index (χ3n) is 4.38. The van der Waals surface area contributed by atoms with E-state index in [1.807, 2.05) is 12.5 Å². The SMILES string of the molecule is CSc1ncc2c(n1)CC1(CCc3ccccc31)OC2. The van der Waals surface area contributed by atoms with Crippen molar-refractivity contribution in [3.63, 3.8) is 0 Å². The maximum atomic E-state index is 6.27. The molecule has 2 aliphatic rings. The van der Waals surface area contributed by atoms with Gasteiger partial charge in [-0.2, -0.15) is 0 Å². The zero-order valence-corrected chi connectivity index (χ0v) is 12.2. The van der Waals surface area contributed by atoms with Gasteiger partial charge in [-0.1, -0.05) is 36.0 Å². The first-order chi connectivity index (χ1) is 9.81. The summed E-state index contributed by atoms with van der Waals surface area (Å²) in [6.45, 7) is 0.623. The van der Waals surface area contributed by atoms with Crippen molar-refractivity contribution >= 4 is 11.8 Å². The number of benzene rings is 1. The van der Waals surface area contributed by atoms with Crippen molar-refractivity contribution in [3.8, 4) is 0 Å². The lowest BCUT2D eigenvalue weighted by Gasteiger charge is -2.35. The van der Waals surface area contributed by atoms with Gasteiger partial charge in [-0.15, -0.1) is 0 Å². The fourth-order valence-electron chi connectivity index (χ4n) is 3.32. The Hall–Kier alpha value is -1.39. The van der Waals surface area contributed by atoms with E-state index >= 15 is 0 Å². The van der Waals surface area contributed by atoms with Crippen LogP contribution in [0.1, 0.15) is 28.8 Å². The van der Waals surface area contributed by atoms with E-state index in [4.69, 9.17) is 9.72 Å². The molecule has 20 heavy (non-hydrogen) atoms. The lowest BCUT2D eigenvalue weighted by atomic mass is 9.87. The largest absolute Gasteiger partial charge is 0.365 e. The minimum absolute atomic E-state index is 0.159. The Balaban J connectivity index is 1.77. The number of hydrogen-bond donors (Lipinski definition) is 0. The van der Waals surface area contributed by atoms with Gasteiger partial charge in [0.15, 0.2) is 5.16 Å². The molecule has 0 saturated heterocycles. The zero-order valence-electron chi connectivity index (χ0n) is 11.4. The van der Waals surface area contributed by atoms with E-state index < -0.39 is 0 Å². The predicted molar refractivity (Wildman–Crippen MR) is 78.7 cm³/mol. The molecule has 1 aliphatic carbocycles. The maximum Gasteiger partial charge on any atom is 0.187 e. The second-order valence-corrected chi connectivity index (χ2v) is 6.22. The van der Waals surface area contributed by atoms with Crippen molar-refractivity contribution in [2.24, 2.45) is 0 Å². The second-order valence-electron chi connectivity index (χ2n) is 5.45. The van der Waals surface area contributed by atoms with Crippen LogP contribution in [0.3, 0.4) is 0 Å². The molecule has 2 aromatic rings. The molecule has 1 unspecified atom stereocenters. The van der Waals surface area contributed by atoms with Crippen molar-refractivity contribution in [3.05, 3.63) is 52.8 Å². The Morgan fingerprint density at radius 3 is 3.05 bits per heavy atom. The molecule has 102 valence electrons. The summed E-state index contributed by atoms with van der Waals surface area (Å²) in [6.07, 6.45) is 6.97. The second kappa shape index (κ2) is 4.57. The van der Waals surface area contributed by atoms with Gasteiger partial charge in [0, 0.05) is 18.2 Å². The maximum absolute atomic E-state index is 6.27. The highest BCUT2D eigenvalue weighted by Gasteiger charge is 2.43. The summed E-state index contributed by atoms with van der Waals surface area (Å²) in [5, 5.41) is 0.854. The molecule has 0 saturated carbocycles. The summed E-state index contributed by atoms with van der Waals surface area (Å²) in [7, 11) is 0. The fraction of sp³-hybridized carbons (Fsp3) is 0.375. The van der Waals surface area contributed by atoms with Gasteiger partial charge in [0.25, 0.3) is 0 Å². The van der Waals surface area contributed by atoms with Crippen LogP contribution in [-0.4, -0.2) is 16.2 Å². The molecule has 1 spiro atoms. The first kappa shape index (κ1) is 12.4. The summed E-state index contributed by atoms with van der Waals surface area (Å²) >= 11 is 1.60. The topological polar surface area (TPSA) is 35.0 Å². The monoisotopic (exact) mass is 284 g/mol. The summed E-state index contributed by atoms with van der Waals surface area (Å²) in [5.41, 5.74) is 4.92. The first-order valence-electron chi connectivity index (χ1n) is 6.92. The van der Waals surface area contributed by atoms with E-state index in [2.05, 4.69) is 29.2 Å². The molecule has 0 radical (unpaired) electrons. The quantitative estimate of drug-likeness (QED) is 0.595. The number of fused-ring (bicyclic) bond motifs is 3. The number of rotatable bonds is 1. The number of aryl methyl sites for hydroxylation is 1. The molecular formula is C16H16N2OS. The van der Waals surface area contributed by atoms with Crippen molar-refractivity contribution in [1.82, 2.24) is 9.97 Å². The normalized spacial score (nSPS) is 23.6. The Labute approximate surface area is 122 Å². The van der Waals surface area contributed by atoms with Gasteiger partial charge < -0.3 is 4.74 Å². The minimum atomic E-state index is -0.159. The predicted octanol–water partition coefficient (Wildman–Crippen LogP) is 3.11. The van der Waals surface area contributed by atoms with Crippen LogP contribution < -0.4 is 0 Å². The molecule has 1 aliphatic heterocycles. The molecule has 0 bridgehead atoms. The molecule has 0 fully saturated rings. The van der Waals surface area contributed by atoms with E-state index in [0.29, 0.717) is 6.61 Å². The van der Waals surface area contributed by atoms with Gasteiger partial charge in [0.05, 0.1) is 17.9 Å². The van der Waals surface area contributed by atoms with E-state index in [9.17, 15) is 0 Å². The van der Waals surface area contributed by atoms with E-state index in [-0.39, 0.29) is 5.60 Å². The third kappa shape index (κ3) is 1.79. The van der Waals surface area contributed by atoms with Crippen LogP contribution >= 0.6 is 11.8 Å². The smallest absolute Gasteiger partial charge is 0.187 e. The lowest BCUT2D eigenvalue weighted by Crippen LogP contribution is -2.34. The standard InChI is InChI=1S/C16H16N2OS/c1-20-15-17-9-12-10-19-16(8-14(12)18-15)7-6-11-4-2-3-5-13(11)16/h2-5,9H,6-8,10H2,1H3. The van der Waals surface area contributed by atoms with Gasteiger partial charge in [-0.3, -0.25) is 0 Å². The molecule has 2 heterocycles. The van der Waals surface area contributed by atoms with Gasteiger partial charge in [0.2, 0.25) is 0 Å². The summed E-state index contributed by atoms with van der Waals surface area (Å²) in [4.78, 5) is 9.04. The first-order valence-corrected chi connectivity index (χ1v) is 8.14. The van der Waals surface area contributed by atoms with Gasteiger partial charge in [-0.05, 0) is 30.2 Å². The third-order valence-corrected chi connectivity index (χ3v) is 4.94. The number of nitrogens with zero attached hydrogens (tertiary/aromatic N) is 2. The van der Waals surface area contributed by atoms with Crippen LogP contribution in [0.5, 0.6) is 0 Å². The molecule has 4 rings (SSSR count). The molecule has 1 aromatic carbocycles. The molecule has 0 N–H and O–H groups in total. The molecule has 4 heteroatoms. The van der Waals surface area contributed by atoms with Crippen LogP contribution in [-0.2, 0) is 29.8 Å². The highest BCUT2D eigenvalue weighted by Crippen LogP contribution is 2.45. The fourth-order valence-corrected chi connectivity index (χ4v) is 3.68. The van der Waals surface area contributed by atoms with Crippen LogP contribution in [0.4, 0.5) is 0 Å². The van der Waals surface area contributed by atoms with Crippen molar-refractivity contribution < 1.29 is 4.74 Å². The van der Waals surface area contributed by atoms with Gasteiger partial charge in [-0.25, -0.2) is 9.97 Å². The molecule has 1 atom stereocenters. The number of thioether (sulfide) groups is 1. The Bertz CT molecular complexity index is 673. The summed E-state index contributed by atoms with van der Waals surface area (Å²) < 4.78 is 6.27. The Morgan fingerprint density at radius 2 is 2.15 bits per heavy atom. The average molecular weight is 284 g/mol. The molecule has 1 aromatic heterocycles. The Morgan fingerprint density at radius 1 is 1.25 bits per heavy atom. The number of ether oxygens (including phenoxy) is 1. The highest BCUT2D eigenvalue weighted by molar-refractivity contribution is 7.98. The highest BCUT2D eigenvalue weighted by atomic mass is 32.2. The minimum Gasteiger partial charge on any atom is -0.365 e. The number of aromatic nitrogens is 2. The van der Waals surface area contributed by atoms with Crippen molar-refractivity contribution in [1.29, 1.82) is 0 Å². The van der Waals surface area contributed by atoms with Crippen LogP contribution in [0.25, 0.3) is 0 Å². The van der Waals surface area contributed by atoms with Crippen LogP contribution in [0.2, 0.25) is 0 Å². The molecular weight excluding hydrogens is 268 g/mol. The van der Waals surface area contributed by atoms with E-state index in [0.717, 1.165) is 35.7 Å². The van der Waals surface area contributed by atoms with E-state index in [1.165, 1.54) is 11.1 Å². The Kier molecular flexibility index (Phi) is 2.82. The average Bonchev–Trinajstić information content (AvgIpc) is 2.85. The van der Waals surface area contributed by atoms with Crippen LogP contribution in [0, 0.1) is 0 Å². The zero-order chi connectivity index (χ0) is 13.6. The van der Waals surface area contributed by atoms with E-state index in [1.54, 1.807) is 11.8 Å². The summed E-state index contributed by atoms with van der Waals surface area (Å²) in [5.74, 6) is 0. The molecule has 3 nitrogen and oxygen atoms in total. The van der Waals surface area contributed by atoms with Crippen LogP contribution in [0.15, 0.2) is 35.6 Å². The van der Waals surface area contributed by atoms with Crippen molar-refractivity contribution in [2.75, 3.05) is 6.26 Å². The van der Waals surface area contributed by atoms with Gasteiger partial charge >= 0.3 is 0 Å². The van der Waals surface area contributed by atoms with Gasteiger partial charge in [0.1, 0.15) is 0 Å². The summed E-state index contributed by atoms with van der Waals surface area (Å²) in [6, 6.07) is 8.65. The molecule has 0 amide bonds. The van der Waals surface area contributed by atoms with Crippen molar-refractivity contribution in [2.45, 2.75) is 36.6 Å².